The lowest BCUT2D eigenvalue weighted by Gasteiger charge is -2.48. The van der Waals surface area contributed by atoms with Gasteiger partial charge in [0.05, 0.1) is 24.0 Å². The highest BCUT2D eigenvalue weighted by molar-refractivity contribution is 5.93. The molecule has 1 saturated heterocycles. The van der Waals surface area contributed by atoms with Gasteiger partial charge >= 0.3 is 5.97 Å². The first-order chi connectivity index (χ1) is 17.7. The maximum Gasteiger partial charge on any atom is 0.314 e. The van der Waals surface area contributed by atoms with E-state index in [-0.39, 0.29) is 11.6 Å². The number of carbonyl (C=O) groups excluding carboxylic acids is 1. The second kappa shape index (κ2) is 13.0. The van der Waals surface area contributed by atoms with E-state index in [0.717, 1.165) is 18.4 Å². The quantitative estimate of drug-likeness (QED) is 0.239. The molecule has 2 aliphatic heterocycles. The highest BCUT2D eigenvalue weighted by Gasteiger charge is 2.57. The van der Waals surface area contributed by atoms with Crippen molar-refractivity contribution in [3.63, 3.8) is 0 Å². The number of fused-ring (bicyclic) bond motifs is 2. The van der Waals surface area contributed by atoms with Gasteiger partial charge in [0, 0.05) is 26.1 Å². The second-order valence-corrected chi connectivity index (χ2v) is 10.1. The first-order valence-corrected chi connectivity index (χ1v) is 13.0. The van der Waals surface area contributed by atoms with Crippen LogP contribution in [0.5, 0.6) is 0 Å². The Morgan fingerprint density at radius 2 is 1.70 bits per heavy atom. The lowest BCUT2D eigenvalue weighted by atomic mass is 9.78. The molecule has 9 unspecified atom stereocenters. The van der Waals surface area contributed by atoms with Crippen LogP contribution in [0.3, 0.4) is 0 Å². The number of methoxy groups -OCH3 is 2. The average molecular weight is 520 g/mol. The van der Waals surface area contributed by atoms with Crippen LogP contribution in [-0.4, -0.2) is 71.5 Å². The third-order valence-electron chi connectivity index (χ3n) is 7.70. The minimum absolute atomic E-state index is 0.164. The smallest absolute Gasteiger partial charge is 0.314 e. The predicted octanol–water partition coefficient (Wildman–Crippen LogP) is 3.62. The van der Waals surface area contributed by atoms with Crippen molar-refractivity contribution in [1.82, 2.24) is 0 Å². The summed E-state index contributed by atoms with van der Waals surface area (Å²) in [6.45, 7) is 5.19. The molecule has 3 rings (SSSR count). The average Bonchev–Trinajstić information content (AvgIpc) is 2.91. The lowest BCUT2D eigenvalue weighted by Crippen LogP contribution is -2.65. The fourth-order valence-electron chi connectivity index (χ4n) is 5.32. The fourth-order valence-corrected chi connectivity index (χ4v) is 5.32. The highest BCUT2D eigenvalue weighted by Crippen LogP contribution is 2.40. The van der Waals surface area contributed by atoms with E-state index in [4.69, 9.17) is 18.9 Å². The van der Waals surface area contributed by atoms with E-state index < -0.39 is 54.1 Å². The molecule has 2 aliphatic rings. The van der Waals surface area contributed by atoms with Gasteiger partial charge in [-0.3, -0.25) is 4.79 Å². The zero-order valence-electron chi connectivity index (χ0n) is 22.3. The lowest BCUT2D eigenvalue weighted by molar-refractivity contribution is -0.310. The summed E-state index contributed by atoms with van der Waals surface area (Å²) in [5.41, 5.74) is 1.00. The molecule has 1 fully saturated rings. The molecule has 0 aliphatic carbocycles. The van der Waals surface area contributed by atoms with Gasteiger partial charge in [-0.15, -0.1) is 0 Å². The minimum atomic E-state index is -2.15. The van der Waals surface area contributed by atoms with Crippen LogP contribution in [0, 0.1) is 17.8 Å². The maximum atomic E-state index is 13.5. The molecule has 37 heavy (non-hydrogen) atoms. The molecular weight excluding hydrogens is 478 g/mol. The summed E-state index contributed by atoms with van der Waals surface area (Å²) >= 11 is 0. The molecule has 1 aromatic rings. The largest absolute Gasteiger partial charge is 0.457 e. The molecule has 0 aromatic heterocycles. The molecule has 0 spiro atoms. The van der Waals surface area contributed by atoms with Gasteiger partial charge in [0.25, 0.3) is 0 Å². The summed E-state index contributed by atoms with van der Waals surface area (Å²) in [6.07, 6.45) is 2.50. The van der Waals surface area contributed by atoms with Gasteiger partial charge in [0.2, 0.25) is 5.79 Å². The Balaban J connectivity index is 2.03. The fraction of sp³-hybridized carbons (Fsp3) is 0.643. The maximum absolute atomic E-state index is 13.5. The van der Waals surface area contributed by atoms with E-state index in [9.17, 15) is 20.2 Å². The van der Waals surface area contributed by atoms with Gasteiger partial charge in [-0.05, 0) is 31.7 Å². The predicted molar refractivity (Wildman–Crippen MR) is 137 cm³/mol. The number of ether oxygens (including phenoxy) is 4. The third-order valence-corrected chi connectivity index (χ3v) is 7.70. The first kappa shape index (κ1) is 29.3. The number of esters is 1. The van der Waals surface area contributed by atoms with Crippen LogP contribution in [0.2, 0.25) is 0 Å². The van der Waals surface area contributed by atoms with Crippen molar-refractivity contribution in [3.05, 3.63) is 48.0 Å². The molecule has 0 saturated carbocycles. The third kappa shape index (κ3) is 6.41. The number of oxime groups is 1. The first-order valence-electron chi connectivity index (χ1n) is 13.0. The Hall–Kier alpha value is -2.30. The Kier molecular flexibility index (Phi) is 10.3. The Morgan fingerprint density at radius 1 is 1.03 bits per heavy atom. The Morgan fingerprint density at radius 3 is 2.32 bits per heavy atom. The minimum Gasteiger partial charge on any atom is -0.457 e. The summed E-state index contributed by atoms with van der Waals surface area (Å²) in [7, 11) is 2.93. The molecule has 2 heterocycles. The summed E-state index contributed by atoms with van der Waals surface area (Å²) in [5.74, 6) is -4.74. The molecule has 206 valence electrons. The number of hydrogen-bond donors (Lipinski definition) is 3. The van der Waals surface area contributed by atoms with E-state index in [2.05, 4.69) is 5.16 Å². The summed E-state index contributed by atoms with van der Waals surface area (Å²) in [4.78, 5) is 13.5. The van der Waals surface area contributed by atoms with Crippen molar-refractivity contribution in [1.29, 1.82) is 0 Å². The van der Waals surface area contributed by atoms with Gasteiger partial charge in [-0.25, -0.2) is 0 Å². The van der Waals surface area contributed by atoms with Crippen LogP contribution in [-0.2, 0) is 23.7 Å². The van der Waals surface area contributed by atoms with Gasteiger partial charge in [-0.2, -0.15) is 0 Å². The van der Waals surface area contributed by atoms with Crippen molar-refractivity contribution < 1.29 is 39.2 Å². The number of hydrogen-bond acceptors (Lipinski definition) is 9. The van der Waals surface area contributed by atoms with Crippen LogP contribution in [0.1, 0.15) is 58.1 Å². The van der Waals surface area contributed by atoms with Gasteiger partial charge < -0.3 is 34.4 Å². The normalized spacial score (nSPS) is 40.2. The van der Waals surface area contributed by atoms with E-state index in [1.807, 2.05) is 37.3 Å². The molecule has 2 bridgehead atoms. The topological polar surface area (TPSA) is 127 Å². The zero-order chi connectivity index (χ0) is 27.2. The van der Waals surface area contributed by atoms with Crippen LogP contribution in [0.15, 0.2) is 47.6 Å². The van der Waals surface area contributed by atoms with Crippen molar-refractivity contribution in [2.75, 3.05) is 14.2 Å². The van der Waals surface area contributed by atoms with Crippen molar-refractivity contribution in [3.8, 4) is 0 Å². The van der Waals surface area contributed by atoms with E-state index in [1.54, 1.807) is 26.2 Å². The molecule has 0 radical (unpaired) electrons. The molecule has 3 N–H and O–H groups in total. The number of nitrogens with zero attached hydrogens (tertiary/aromatic N) is 1. The number of aliphatic hydroxyl groups excluding tert-OH is 1. The standard InChI is InChI=1S/C28H41NO8/c1-17-15-16-21(30)23(34-4)14-10-9-13-22(20-11-7-6-8-12-20)36-27(31)19(3)28(32)26(35-5)24(29-33)18(2)25(17)37-28/h6-8,11-12,15-19,21-23,25-26,30,32-33H,9-10,13-14H2,1-5H3/b16-15+,29-24-. The Labute approximate surface area is 219 Å². The zero-order valence-corrected chi connectivity index (χ0v) is 22.3. The molecule has 0 amide bonds. The number of carbonyl (C=O) groups is 1. The monoisotopic (exact) mass is 519 g/mol. The van der Waals surface area contributed by atoms with Crippen LogP contribution in [0.25, 0.3) is 0 Å². The Bertz CT molecular complexity index is 937. The summed E-state index contributed by atoms with van der Waals surface area (Å²) in [5, 5.41) is 35.9. The van der Waals surface area contributed by atoms with Crippen LogP contribution in [0.4, 0.5) is 0 Å². The van der Waals surface area contributed by atoms with E-state index >= 15 is 0 Å². The van der Waals surface area contributed by atoms with Crippen molar-refractivity contribution in [2.45, 2.75) is 82.8 Å². The van der Waals surface area contributed by atoms with Gasteiger partial charge in [0.1, 0.15) is 12.0 Å². The molecule has 9 nitrogen and oxygen atoms in total. The molecule has 9 atom stereocenters. The summed E-state index contributed by atoms with van der Waals surface area (Å²) < 4.78 is 23.2. The SMILES string of the molecule is COC1CCCCC(c2ccccc2)OC(=O)C(C)C2(O)OC(C(C)/C=C/C1O)C(C)/C(=N/O)C2OC. The molecule has 9 heteroatoms. The van der Waals surface area contributed by atoms with Gasteiger partial charge in [0.15, 0.2) is 6.10 Å². The van der Waals surface area contributed by atoms with E-state index in [1.165, 1.54) is 14.0 Å². The number of cyclic esters (lactones) is 1. The van der Waals surface area contributed by atoms with Crippen molar-refractivity contribution in [2.24, 2.45) is 22.9 Å². The van der Waals surface area contributed by atoms with Crippen LogP contribution < -0.4 is 0 Å². The number of rotatable bonds is 3. The van der Waals surface area contributed by atoms with Crippen molar-refractivity contribution >= 4 is 11.7 Å². The van der Waals surface area contributed by atoms with Gasteiger partial charge in [-0.1, -0.05) is 67.9 Å². The number of aliphatic hydroxyl groups is 2. The molecular formula is C28H41NO8. The van der Waals surface area contributed by atoms with Crippen LogP contribution >= 0.6 is 0 Å². The summed E-state index contributed by atoms with van der Waals surface area (Å²) in [6, 6.07) is 9.44. The number of benzene rings is 1. The molecule has 1 aromatic carbocycles. The second-order valence-electron chi connectivity index (χ2n) is 10.1. The highest BCUT2D eigenvalue weighted by atomic mass is 16.7. The van der Waals surface area contributed by atoms with E-state index in [0.29, 0.717) is 12.8 Å².